The van der Waals surface area contributed by atoms with Gasteiger partial charge in [0.15, 0.2) is 5.69 Å². The zero-order valence-electron chi connectivity index (χ0n) is 12.2. The van der Waals surface area contributed by atoms with Crippen molar-refractivity contribution in [3.05, 3.63) is 58.6 Å². The molecule has 2 aromatic rings. The number of hydrogen-bond acceptors (Lipinski definition) is 4. The number of carbonyl (C=O) groups excluding carboxylic acids is 1. The summed E-state index contributed by atoms with van der Waals surface area (Å²) in [4.78, 5) is 20.5. The van der Waals surface area contributed by atoms with Crippen LogP contribution in [0.1, 0.15) is 54.7 Å². The first kappa shape index (κ1) is 15.4. The smallest absolute Gasteiger partial charge is 0.359 e. The maximum Gasteiger partial charge on any atom is 0.359 e. The molecule has 21 heavy (non-hydrogen) atoms. The van der Waals surface area contributed by atoms with Crippen molar-refractivity contribution < 1.29 is 9.53 Å². The Kier molecular flexibility index (Phi) is 4.91. The number of rotatable bonds is 4. The third kappa shape index (κ3) is 3.79. The molecule has 0 saturated heterocycles. The first-order valence-corrected chi connectivity index (χ1v) is 7.15. The standard InChI is InChI=1S/C16H17ClN2O2/c1-10(2)15-18-9-13(17)14(19-15)16(20)21-11(3)12-7-5-4-6-8-12/h4-11H,1-3H3. The Morgan fingerprint density at radius 3 is 2.48 bits per heavy atom. The molecule has 2 rings (SSSR count). The van der Waals surface area contributed by atoms with Crippen LogP contribution in [-0.2, 0) is 4.74 Å². The van der Waals surface area contributed by atoms with Crippen molar-refractivity contribution in [3.8, 4) is 0 Å². The molecule has 4 nitrogen and oxygen atoms in total. The molecular formula is C16H17ClN2O2. The van der Waals surface area contributed by atoms with Crippen LogP contribution in [0, 0.1) is 0 Å². The van der Waals surface area contributed by atoms with E-state index in [1.54, 1.807) is 0 Å². The van der Waals surface area contributed by atoms with Gasteiger partial charge in [-0.15, -0.1) is 0 Å². The summed E-state index contributed by atoms with van der Waals surface area (Å²) >= 11 is 6.00. The fraction of sp³-hybridized carbons (Fsp3) is 0.312. The highest BCUT2D eigenvalue weighted by atomic mass is 35.5. The third-order valence-corrected chi connectivity index (χ3v) is 3.30. The molecule has 0 aliphatic heterocycles. The predicted octanol–water partition coefficient (Wildman–Crippen LogP) is 4.17. The van der Waals surface area contributed by atoms with Gasteiger partial charge in [0, 0.05) is 5.92 Å². The van der Waals surface area contributed by atoms with Gasteiger partial charge in [0.2, 0.25) is 0 Å². The van der Waals surface area contributed by atoms with Crippen LogP contribution in [0.2, 0.25) is 5.02 Å². The van der Waals surface area contributed by atoms with Crippen molar-refractivity contribution in [1.82, 2.24) is 9.97 Å². The van der Waals surface area contributed by atoms with Gasteiger partial charge in [-0.2, -0.15) is 0 Å². The summed E-state index contributed by atoms with van der Waals surface area (Å²) in [6, 6.07) is 9.51. The average Bonchev–Trinajstić information content (AvgIpc) is 2.48. The molecule has 5 heteroatoms. The molecule has 0 amide bonds. The fourth-order valence-corrected chi connectivity index (χ4v) is 1.98. The van der Waals surface area contributed by atoms with Crippen molar-refractivity contribution in [2.24, 2.45) is 0 Å². The minimum Gasteiger partial charge on any atom is -0.453 e. The van der Waals surface area contributed by atoms with Crippen LogP contribution < -0.4 is 0 Å². The van der Waals surface area contributed by atoms with Crippen LogP contribution in [-0.4, -0.2) is 15.9 Å². The van der Waals surface area contributed by atoms with Crippen LogP contribution in [0.25, 0.3) is 0 Å². The lowest BCUT2D eigenvalue weighted by Crippen LogP contribution is -2.13. The lowest BCUT2D eigenvalue weighted by Gasteiger charge is -2.14. The number of hydrogen-bond donors (Lipinski definition) is 0. The molecule has 110 valence electrons. The maximum atomic E-state index is 12.2. The Hall–Kier alpha value is -1.94. The highest BCUT2D eigenvalue weighted by Gasteiger charge is 2.19. The van der Waals surface area contributed by atoms with Gasteiger partial charge < -0.3 is 4.74 Å². The van der Waals surface area contributed by atoms with Gasteiger partial charge in [0.1, 0.15) is 11.9 Å². The molecule has 1 aromatic heterocycles. The van der Waals surface area contributed by atoms with Crippen LogP contribution in [0.4, 0.5) is 0 Å². The van der Waals surface area contributed by atoms with Gasteiger partial charge in [-0.05, 0) is 12.5 Å². The van der Waals surface area contributed by atoms with Crippen LogP contribution >= 0.6 is 11.6 Å². The monoisotopic (exact) mass is 304 g/mol. The number of ether oxygens (including phenoxy) is 1. The predicted molar refractivity (Wildman–Crippen MR) is 81.4 cm³/mol. The lowest BCUT2D eigenvalue weighted by atomic mass is 10.1. The number of nitrogens with zero attached hydrogens (tertiary/aromatic N) is 2. The molecule has 0 fully saturated rings. The van der Waals surface area contributed by atoms with E-state index in [0.29, 0.717) is 5.82 Å². The number of esters is 1. The van der Waals surface area contributed by atoms with Gasteiger partial charge in [0.25, 0.3) is 0 Å². The van der Waals surface area contributed by atoms with Gasteiger partial charge in [0.05, 0.1) is 11.2 Å². The zero-order valence-corrected chi connectivity index (χ0v) is 13.0. The zero-order chi connectivity index (χ0) is 15.4. The minimum atomic E-state index is -0.541. The van der Waals surface area contributed by atoms with E-state index in [1.165, 1.54) is 6.20 Å². The first-order valence-electron chi connectivity index (χ1n) is 6.77. The third-order valence-electron chi connectivity index (χ3n) is 3.03. The van der Waals surface area contributed by atoms with Crippen molar-refractivity contribution in [2.45, 2.75) is 32.8 Å². The summed E-state index contributed by atoms with van der Waals surface area (Å²) in [6.07, 6.45) is 1.07. The fourth-order valence-electron chi connectivity index (χ4n) is 1.81. The van der Waals surface area contributed by atoms with E-state index < -0.39 is 5.97 Å². The lowest BCUT2D eigenvalue weighted by molar-refractivity contribution is 0.0330. The molecule has 1 unspecified atom stereocenters. The average molecular weight is 305 g/mol. The van der Waals surface area contributed by atoms with Crippen molar-refractivity contribution in [1.29, 1.82) is 0 Å². The minimum absolute atomic E-state index is 0.109. The van der Waals surface area contributed by atoms with E-state index in [0.717, 1.165) is 5.56 Å². The Balaban J connectivity index is 2.19. The van der Waals surface area contributed by atoms with Crippen molar-refractivity contribution in [2.75, 3.05) is 0 Å². The molecule has 0 bridgehead atoms. The van der Waals surface area contributed by atoms with Gasteiger partial charge in [-0.1, -0.05) is 55.8 Å². The Morgan fingerprint density at radius 2 is 1.86 bits per heavy atom. The van der Waals surface area contributed by atoms with Gasteiger partial charge >= 0.3 is 5.97 Å². The Morgan fingerprint density at radius 1 is 1.19 bits per heavy atom. The summed E-state index contributed by atoms with van der Waals surface area (Å²) in [5, 5.41) is 0.199. The summed E-state index contributed by atoms with van der Waals surface area (Å²) in [5.74, 6) is 0.139. The molecule has 1 aromatic carbocycles. The summed E-state index contributed by atoms with van der Waals surface area (Å²) in [7, 11) is 0. The molecular weight excluding hydrogens is 288 g/mol. The SMILES string of the molecule is CC(C)c1ncc(Cl)c(C(=O)OC(C)c2ccccc2)n1. The molecule has 0 N–H and O–H groups in total. The molecule has 1 atom stereocenters. The maximum absolute atomic E-state index is 12.2. The van der Waals surface area contributed by atoms with Crippen LogP contribution in [0.3, 0.4) is 0 Å². The van der Waals surface area contributed by atoms with E-state index in [4.69, 9.17) is 16.3 Å². The van der Waals surface area contributed by atoms with Crippen molar-refractivity contribution in [3.63, 3.8) is 0 Å². The second kappa shape index (κ2) is 6.68. The van der Waals surface area contributed by atoms with E-state index in [2.05, 4.69) is 9.97 Å². The molecule has 0 aliphatic rings. The highest BCUT2D eigenvalue weighted by molar-refractivity contribution is 6.33. The van der Waals surface area contributed by atoms with Crippen LogP contribution in [0.15, 0.2) is 36.5 Å². The normalized spacial score (nSPS) is 12.2. The number of carbonyl (C=O) groups is 1. The van der Waals surface area contributed by atoms with Gasteiger partial charge in [-0.25, -0.2) is 14.8 Å². The number of halogens is 1. The van der Waals surface area contributed by atoms with Crippen molar-refractivity contribution >= 4 is 17.6 Å². The van der Waals surface area contributed by atoms with E-state index in [1.807, 2.05) is 51.1 Å². The van der Waals surface area contributed by atoms with E-state index in [9.17, 15) is 4.79 Å². The van der Waals surface area contributed by atoms with E-state index in [-0.39, 0.29) is 22.7 Å². The second-order valence-corrected chi connectivity index (χ2v) is 5.44. The van der Waals surface area contributed by atoms with Gasteiger partial charge in [-0.3, -0.25) is 0 Å². The Bertz CT molecular complexity index is 629. The Labute approximate surface area is 129 Å². The molecule has 1 heterocycles. The second-order valence-electron chi connectivity index (χ2n) is 5.04. The molecule has 0 saturated carbocycles. The first-order chi connectivity index (χ1) is 9.99. The summed E-state index contributed by atoms with van der Waals surface area (Å²) in [6.45, 7) is 5.71. The quantitative estimate of drug-likeness (QED) is 0.795. The molecule has 0 spiro atoms. The van der Waals surface area contributed by atoms with Crippen LogP contribution in [0.5, 0.6) is 0 Å². The van der Waals surface area contributed by atoms with E-state index >= 15 is 0 Å². The number of aromatic nitrogens is 2. The summed E-state index contributed by atoms with van der Waals surface area (Å²) < 4.78 is 5.42. The molecule has 0 radical (unpaired) electrons. The largest absolute Gasteiger partial charge is 0.453 e. The number of benzene rings is 1. The highest BCUT2D eigenvalue weighted by Crippen LogP contribution is 2.21. The molecule has 0 aliphatic carbocycles. The topological polar surface area (TPSA) is 52.1 Å². The summed E-state index contributed by atoms with van der Waals surface area (Å²) in [5.41, 5.74) is 1.03.